The highest BCUT2D eigenvalue weighted by atomic mass is 79.9. The van der Waals surface area contributed by atoms with Crippen molar-refractivity contribution in [2.75, 3.05) is 12.3 Å². The summed E-state index contributed by atoms with van der Waals surface area (Å²) in [5, 5.41) is 9.89. The van der Waals surface area contributed by atoms with E-state index >= 15 is 0 Å². The summed E-state index contributed by atoms with van der Waals surface area (Å²) in [6.45, 7) is -0.222. The Morgan fingerprint density at radius 3 is 2.52 bits per heavy atom. The van der Waals surface area contributed by atoms with Crippen LogP contribution < -0.4 is 10.5 Å². The van der Waals surface area contributed by atoms with Gasteiger partial charge in [-0.25, -0.2) is 13.1 Å². The number of aliphatic hydroxyl groups is 1. The van der Waals surface area contributed by atoms with E-state index < -0.39 is 15.6 Å². The number of nitrogens with one attached hydrogen (secondary N) is 1. The minimum atomic E-state index is -3.83. The van der Waals surface area contributed by atoms with Gasteiger partial charge in [0.05, 0.1) is 21.5 Å². The highest BCUT2D eigenvalue weighted by Crippen LogP contribution is 2.34. The van der Waals surface area contributed by atoms with Gasteiger partial charge >= 0.3 is 0 Å². The molecule has 2 rings (SSSR count). The Kier molecular flexibility index (Phi) is 5.20. The molecular weight excluding hydrogens is 380 g/mol. The Morgan fingerprint density at radius 2 is 1.95 bits per heavy atom. The first kappa shape index (κ1) is 17.0. The number of aliphatic hydroxyl groups excluding tert-OH is 1. The summed E-state index contributed by atoms with van der Waals surface area (Å²) in [7, 11) is -3.83. The van der Waals surface area contributed by atoms with E-state index in [0.29, 0.717) is 12.8 Å². The first-order valence-electron chi connectivity index (χ1n) is 6.69. The fraction of sp³-hybridized carbons (Fsp3) is 0.538. The second-order valence-electron chi connectivity index (χ2n) is 5.41. The SMILES string of the molecule is Nc1cc(Cl)cc(S(=O)(=O)NC2(CO)CCCCC2)c1Br. The number of benzene rings is 1. The van der Waals surface area contributed by atoms with Crippen LogP contribution in [0.25, 0.3) is 0 Å². The third kappa shape index (κ3) is 3.71. The van der Waals surface area contributed by atoms with Crippen molar-refractivity contribution in [3.05, 3.63) is 21.6 Å². The molecule has 1 fully saturated rings. The fourth-order valence-electron chi connectivity index (χ4n) is 2.64. The van der Waals surface area contributed by atoms with Crippen LogP contribution in [0.5, 0.6) is 0 Å². The Bertz CT molecular complexity index is 631. The lowest BCUT2D eigenvalue weighted by atomic mass is 9.83. The van der Waals surface area contributed by atoms with Crippen LogP contribution in [0.2, 0.25) is 5.02 Å². The lowest BCUT2D eigenvalue weighted by Crippen LogP contribution is -2.52. The van der Waals surface area contributed by atoms with Gasteiger partial charge < -0.3 is 10.8 Å². The van der Waals surface area contributed by atoms with Crippen molar-refractivity contribution in [1.82, 2.24) is 4.72 Å². The minimum Gasteiger partial charge on any atom is -0.398 e. The van der Waals surface area contributed by atoms with Gasteiger partial charge in [-0.05, 0) is 40.9 Å². The smallest absolute Gasteiger partial charge is 0.242 e. The third-order valence-corrected chi connectivity index (χ3v) is 6.75. The molecule has 118 valence electrons. The van der Waals surface area contributed by atoms with Gasteiger partial charge in [0.1, 0.15) is 0 Å². The number of sulfonamides is 1. The lowest BCUT2D eigenvalue weighted by Gasteiger charge is -2.36. The highest BCUT2D eigenvalue weighted by Gasteiger charge is 2.36. The van der Waals surface area contributed by atoms with Crippen molar-refractivity contribution in [1.29, 1.82) is 0 Å². The second kappa shape index (κ2) is 6.42. The normalized spacial score (nSPS) is 18.6. The molecule has 8 heteroatoms. The molecule has 0 amide bonds. The molecule has 0 radical (unpaired) electrons. The monoisotopic (exact) mass is 396 g/mol. The summed E-state index contributed by atoms with van der Waals surface area (Å²) < 4.78 is 28.2. The van der Waals surface area contributed by atoms with Gasteiger partial charge in [-0.2, -0.15) is 0 Å². The maximum atomic E-state index is 12.6. The van der Waals surface area contributed by atoms with E-state index in [1.165, 1.54) is 12.1 Å². The number of anilines is 1. The quantitative estimate of drug-likeness (QED) is 0.681. The van der Waals surface area contributed by atoms with Crippen LogP contribution in [0.15, 0.2) is 21.5 Å². The molecule has 0 aromatic heterocycles. The Balaban J connectivity index is 2.38. The number of nitrogen functional groups attached to an aromatic ring is 1. The molecule has 0 bridgehead atoms. The average molecular weight is 398 g/mol. The molecule has 0 aliphatic heterocycles. The molecule has 4 N–H and O–H groups in total. The first-order chi connectivity index (χ1) is 9.80. The highest BCUT2D eigenvalue weighted by molar-refractivity contribution is 9.10. The van der Waals surface area contributed by atoms with Crippen LogP contribution in [0.1, 0.15) is 32.1 Å². The van der Waals surface area contributed by atoms with Gasteiger partial charge in [-0.15, -0.1) is 0 Å². The minimum absolute atomic E-state index is 0.00843. The number of rotatable bonds is 4. The van der Waals surface area contributed by atoms with Gasteiger partial charge in [0.25, 0.3) is 0 Å². The van der Waals surface area contributed by atoms with E-state index in [2.05, 4.69) is 20.7 Å². The summed E-state index contributed by atoms with van der Waals surface area (Å²) in [6.07, 6.45) is 4.08. The third-order valence-electron chi connectivity index (χ3n) is 3.79. The van der Waals surface area contributed by atoms with Crippen LogP contribution >= 0.6 is 27.5 Å². The molecular formula is C13H18BrClN2O3S. The topological polar surface area (TPSA) is 92.4 Å². The summed E-state index contributed by atoms with van der Waals surface area (Å²) in [5.41, 5.74) is 5.20. The van der Waals surface area contributed by atoms with Crippen LogP contribution in [-0.2, 0) is 10.0 Å². The second-order valence-corrected chi connectivity index (χ2v) is 8.29. The van der Waals surface area contributed by atoms with Gasteiger partial charge in [0.15, 0.2) is 0 Å². The first-order valence-corrected chi connectivity index (χ1v) is 9.34. The van der Waals surface area contributed by atoms with Gasteiger partial charge in [-0.1, -0.05) is 30.9 Å². The maximum Gasteiger partial charge on any atom is 0.242 e. The molecule has 0 heterocycles. The molecule has 0 atom stereocenters. The Hall–Kier alpha value is -0.340. The van der Waals surface area contributed by atoms with E-state index in [-0.39, 0.29) is 26.7 Å². The van der Waals surface area contributed by atoms with Gasteiger partial charge in [0.2, 0.25) is 10.0 Å². The van der Waals surface area contributed by atoms with Gasteiger partial charge in [-0.3, -0.25) is 0 Å². The molecule has 0 unspecified atom stereocenters. The number of hydrogen-bond acceptors (Lipinski definition) is 4. The predicted octanol–water partition coefficient (Wildman–Crippen LogP) is 2.66. The van der Waals surface area contributed by atoms with Crippen molar-refractivity contribution < 1.29 is 13.5 Å². The zero-order chi connectivity index (χ0) is 15.7. The number of hydrogen-bond donors (Lipinski definition) is 3. The van der Waals surface area contributed by atoms with Crippen molar-refractivity contribution in [3.63, 3.8) is 0 Å². The van der Waals surface area contributed by atoms with Crippen LogP contribution in [0.3, 0.4) is 0 Å². The molecule has 0 spiro atoms. The van der Waals surface area contributed by atoms with E-state index in [1.54, 1.807) is 0 Å². The summed E-state index contributed by atoms with van der Waals surface area (Å²) in [5.74, 6) is 0. The van der Waals surface area contributed by atoms with Crippen LogP contribution in [-0.4, -0.2) is 25.7 Å². The summed E-state index contributed by atoms with van der Waals surface area (Å²) >= 11 is 9.09. The number of nitrogens with two attached hydrogens (primary N) is 1. The molecule has 0 saturated heterocycles. The molecule has 1 aromatic rings. The molecule has 1 saturated carbocycles. The summed E-state index contributed by atoms with van der Waals surface area (Å²) in [4.78, 5) is -0.00843. The van der Waals surface area contributed by atoms with E-state index in [4.69, 9.17) is 17.3 Å². The van der Waals surface area contributed by atoms with E-state index in [1.807, 2.05) is 0 Å². The van der Waals surface area contributed by atoms with Crippen LogP contribution in [0.4, 0.5) is 5.69 Å². The molecule has 1 aliphatic carbocycles. The predicted molar refractivity (Wildman–Crippen MR) is 86.8 cm³/mol. The van der Waals surface area contributed by atoms with Crippen molar-refractivity contribution in [2.24, 2.45) is 0 Å². The zero-order valence-corrected chi connectivity index (χ0v) is 14.6. The molecule has 21 heavy (non-hydrogen) atoms. The van der Waals surface area contributed by atoms with Crippen LogP contribution in [0, 0.1) is 0 Å². The number of halogens is 2. The van der Waals surface area contributed by atoms with Crippen molar-refractivity contribution in [2.45, 2.75) is 42.5 Å². The van der Waals surface area contributed by atoms with Crippen molar-refractivity contribution in [3.8, 4) is 0 Å². The average Bonchev–Trinajstić information content (AvgIpc) is 2.43. The molecule has 1 aromatic carbocycles. The largest absolute Gasteiger partial charge is 0.398 e. The Morgan fingerprint density at radius 1 is 1.33 bits per heavy atom. The van der Waals surface area contributed by atoms with E-state index in [9.17, 15) is 13.5 Å². The lowest BCUT2D eigenvalue weighted by molar-refractivity contribution is 0.142. The molecule has 1 aliphatic rings. The van der Waals surface area contributed by atoms with Gasteiger partial charge in [0, 0.05) is 10.7 Å². The summed E-state index contributed by atoms with van der Waals surface area (Å²) in [6, 6.07) is 2.82. The van der Waals surface area contributed by atoms with E-state index in [0.717, 1.165) is 19.3 Å². The zero-order valence-electron chi connectivity index (χ0n) is 11.4. The molecule has 5 nitrogen and oxygen atoms in total. The maximum absolute atomic E-state index is 12.6. The fourth-order valence-corrected chi connectivity index (χ4v) is 5.39. The standard InChI is InChI=1S/C13H18BrClN2O3S/c14-12-10(16)6-9(15)7-11(12)21(19,20)17-13(8-18)4-2-1-3-5-13/h6-7,17-18H,1-5,8,16H2. The van der Waals surface area contributed by atoms with Crippen molar-refractivity contribution >= 4 is 43.2 Å². The Labute approximate surface area is 138 Å².